The van der Waals surface area contributed by atoms with Gasteiger partial charge in [-0.25, -0.2) is 14.4 Å². The SMILES string of the molecule is CC(C)CNC(=O)NC(C)COC(=O)C=CC(=O)OC(C)C. The van der Waals surface area contributed by atoms with Gasteiger partial charge in [-0.3, -0.25) is 0 Å². The molecular weight excluding hydrogens is 288 g/mol. The van der Waals surface area contributed by atoms with Crippen LogP contribution in [0.3, 0.4) is 0 Å². The number of rotatable bonds is 8. The van der Waals surface area contributed by atoms with Crippen molar-refractivity contribution < 1.29 is 23.9 Å². The molecule has 0 bridgehead atoms. The number of nitrogens with one attached hydrogen (secondary N) is 2. The van der Waals surface area contributed by atoms with Crippen LogP contribution in [0.1, 0.15) is 34.6 Å². The van der Waals surface area contributed by atoms with E-state index in [0.29, 0.717) is 12.5 Å². The van der Waals surface area contributed by atoms with E-state index in [4.69, 9.17) is 9.47 Å². The molecule has 2 amide bonds. The molecular formula is C15H26N2O5. The first-order valence-electron chi connectivity index (χ1n) is 7.30. The molecule has 7 nitrogen and oxygen atoms in total. The van der Waals surface area contributed by atoms with E-state index in [1.807, 2.05) is 13.8 Å². The molecule has 1 atom stereocenters. The van der Waals surface area contributed by atoms with E-state index in [1.165, 1.54) is 0 Å². The Hall–Kier alpha value is -2.05. The summed E-state index contributed by atoms with van der Waals surface area (Å²) in [6.45, 7) is 9.68. The Morgan fingerprint density at radius 3 is 2.14 bits per heavy atom. The molecule has 0 saturated carbocycles. The summed E-state index contributed by atoms with van der Waals surface area (Å²) >= 11 is 0. The van der Waals surface area contributed by atoms with Gasteiger partial charge >= 0.3 is 18.0 Å². The van der Waals surface area contributed by atoms with Crippen molar-refractivity contribution in [1.82, 2.24) is 10.6 Å². The normalized spacial score (nSPS) is 12.3. The third-order valence-electron chi connectivity index (χ3n) is 2.23. The Morgan fingerprint density at radius 1 is 1.00 bits per heavy atom. The van der Waals surface area contributed by atoms with Crippen molar-refractivity contribution in [2.24, 2.45) is 5.92 Å². The molecule has 0 aromatic rings. The van der Waals surface area contributed by atoms with Gasteiger partial charge in [-0.1, -0.05) is 13.8 Å². The quantitative estimate of drug-likeness (QED) is 0.521. The lowest BCUT2D eigenvalue weighted by Crippen LogP contribution is -2.44. The molecule has 0 spiro atoms. The highest BCUT2D eigenvalue weighted by atomic mass is 16.5. The second-order valence-electron chi connectivity index (χ2n) is 5.60. The average Bonchev–Trinajstić information content (AvgIpc) is 2.40. The standard InChI is InChI=1S/C15H26N2O5/c1-10(2)8-16-15(20)17-12(5)9-21-13(18)6-7-14(19)22-11(3)4/h6-7,10-12H,8-9H2,1-5H3,(H2,16,17,20). The minimum atomic E-state index is -0.669. The van der Waals surface area contributed by atoms with Crippen LogP contribution >= 0.6 is 0 Å². The van der Waals surface area contributed by atoms with Gasteiger partial charge < -0.3 is 20.1 Å². The Kier molecular flexibility index (Phi) is 9.65. The summed E-state index contributed by atoms with van der Waals surface area (Å²) in [5, 5.41) is 5.33. The number of hydrogen-bond acceptors (Lipinski definition) is 5. The van der Waals surface area contributed by atoms with E-state index in [1.54, 1.807) is 20.8 Å². The van der Waals surface area contributed by atoms with Crippen LogP contribution < -0.4 is 10.6 Å². The largest absolute Gasteiger partial charge is 0.460 e. The van der Waals surface area contributed by atoms with Crippen LogP contribution in [0.5, 0.6) is 0 Å². The van der Waals surface area contributed by atoms with E-state index < -0.39 is 11.9 Å². The lowest BCUT2D eigenvalue weighted by atomic mass is 10.2. The summed E-state index contributed by atoms with van der Waals surface area (Å²) in [6.07, 6.45) is 1.76. The van der Waals surface area contributed by atoms with Crippen molar-refractivity contribution in [3.8, 4) is 0 Å². The molecule has 0 aliphatic heterocycles. The predicted molar refractivity (Wildman–Crippen MR) is 82.2 cm³/mol. The van der Waals surface area contributed by atoms with Crippen LogP contribution in [0.25, 0.3) is 0 Å². The highest BCUT2D eigenvalue weighted by Crippen LogP contribution is 1.93. The van der Waals surface area contributed by atoms with Crippen LogP contribution in [0.2, 0.25) is 0 Å². The van der Waals surface area contributed by atoms with Crippen molar-refractivity contribution in [2.45, 2.75) is 46.8 Å². The molecule has 0 saturated heterocycles. The zero-order valence-corrected chi connectivity index (χ0v) is 13.8. The van der Waals surface area contributed by atoms with Gasteiger partial charge in [0.05, 0.1) is 12.1 Å². The Morgan fingerprint density at radius 2 is 1.59 bits per heavy atom. The fraction of sp³-hybridized carbons (Fsp3) is 0.667. The summed E-state index contributed by atoms with van der Waals surface area (Å²) in [4.78, 5) is 34.1. The first kappa shape index (κ1) is 19.9. The number of ether oxygens (including phenoxy) is 2. The smallest absolute Gasteiger partial charge is 0.331 e. The van der Waals surface area contributed by atoms with Crippen molar-refractivity contribution in [3.63, 3.8) is 0 Å². The van der Waals surface area contributed by atoms with Gasteiger partial charge in [0.1, 0.15) is 6.61 Å². The van der Waals surface area contributed by atoms with Crippen molar-refractivity contribution in [3.05, 3.63) is 12.2 Å². The molecule has 0 aromatic carbocycles. The zero-order valence-electron chi connectivity index (χ0n) is 13.8. The first-order chi connectivity index (χ1) is 10.2. The molecule has 0 radical (unpaired) electrons. The second kappa shape index (κ2) is 10.6. The van der Waals surface area contributed by atoms with Crippen molar-refractivity contribution in [2.75, 3.05) is 13.2 Å². The monoisotopic (exact) mass is 314 g/mol. The number of carbonyl (C=O) groups excluding carboxylic acids is 3. The Balaban J connectivity index is 3.96. The molecule has 0 aromatic heterocycles. The zero-order chi connectivity index (χ0) is 17.1. The number of urea groups is 1. The fourth-order valence-electron chi connectivity index (χ4n) is 1.28. The minimum absolute atomic E-state index is 0.0114. The van der Waals surface area contributed by atoms with Crippen LogP contribution in [0.15, 0.2) is 12.2 Å². The van der Waals surface area contributed by atoms with Gasteiger partial charge in [-0.05, 0) is 26.7 Å². The molecule has 0 fully saturated rings. The number of carbonyl (C=O) groups is 3. The summed E-state index contributed by atoms with van der Waals surface area (Å²) in [5.74, 6) is -0.919. The van der Waals surface area contributed by atoms with E-state index in [2.05, 4.69) is 10.6 Å². The molecule has 0 aliphatic carbocycles. The lowest BCUT2D eigenvalue weighted by Gasteiger charge is -2.15. The average molecular weight is 314 g/mol. The summed E-state index contributed by atoms with van der Waals surface area (Å²) in [5.41, 5.74) is 0. The van der Waals surface area contributed by atoms with Gasteiger partial charge in [0, 0.05) is 18.7 Å². The fourth-order valence-corrected chi connectivity index (χ4v) is 1.28. The third kappa shape index (κ3) is 11.7. The Labute approximate surface area is 131 Å². The molecule has 0 aliphatic rings. The van der Waals surface area contributed by atoms with Crippen LogP contribution in [0, 0.1) is 5.92 Å². The summed E-state index contributed by atoms with van der Waals surface area (Å²) < 4.78 is 9.74. The molecule has 7 heteroatoms. The van der Waals surface area contributed by atoms with Gasteiger partial charge in [-0.15, -0.1) is 0 Å². The topological polar surface area (TPSA) is 93.7 Å². The number of amides is 2. The maximum absolute atomic E-state index is 11.5. The van der Waals surface area contributed by atoms with Crippen molar-refractivity contribution >= 4 is 18.0 Å². The van der Waals surface area contributed by atoms with Gasteiger partial charge in [0.2, 0.25) is 0 Å². The van der Waals surface area contributed by atoms with E-state index in [9.17, 15) is 14.4 Å². The maximum Gasteiger partial charge on any atom is 0.331 e. The lowest BCUT2D eigenvalue weighted by molar-refractivity contribution is -0.143. The number of esters is 2. The first-order valence-corrected chi connectivity index (χ1v) is 7.30. The predicted octanol–water partition coefficient (Wildman–Crippen LogP) is 1.38. The molecule has 1 unspecified atom stereocenters. The van der Waals surface area contributed by atoms with Crippen molar-refractivity contribution in [1.29, 1.82) is 0 Å². The van der Waals surface area contributed by atoms with E-state index in [-0.39, 0.29) is 24.8 Å². The van der Waals surface area contributed by atoms with Gasteiger partial charge in [0.25, 0.3) is 0 Å². The van der Waals surface area contributed by atoms with E-state index in [0.717, 1.165) is 12.2 Å². The van der Waals surface area contributed by atoms with Gasteiger partial charge in [0.15, 0.2) is 0 Å². The van der Waals surface area contributed by atoms with E-state index >= 15 is 0 Å². The maximum atomic E-state index is 11.5. The number of hydrogen-bond donors (Lipinski definition) is 2. The molecule has 0 rings (SSSR count). The third-order valence-corrected chi connectivity index (χ3v) is 2.23. The molecule has 2 N–H and O–H groups in total. The molecule has 0 heterocycles. The highest BCUT2D eigenvalue weighted by molar-refractivity contribution is 5.91. The van der Waals surface area contributed by atoms with Crippen LogP contribution in [-0.2, 0) is 19.1 Å². The molecule has 126 valence electrons. The second-order valence-corrected chi connectivity index (χ2v) is 5.60. The van der Waals surface area contributed by atoms with Crippen LogP contribution in [-0.4, -0.2) is 43.3 Å². The minimum Gasteiger partial charge on any atom is -0.460 e. The summed E-state index contributed by atoms with van der Waals surface area (Å²) in [7, 11) is 0. The van der Waals surface area contributed by atoms with Crippen LogP contribution in [0.4, 0.5) is 4.79 Å². The molecule has 22 heavy (non-hydrogen) atoms. The highest BCUT2D eigenvalue weighted by Gasteiger charge is 2.09. The summed E-state index contributed by atoms with van der Waals surface area (Å²) in [6, 6.07) is -0.652. The van der Waals surface area contributed by atoms with Gasteiger partial charge in [-0.2, -0.15) is 0 Å². The Bertz CT molecular complexity index is 405.